The van der Waals surface area contributed by atoms with E-state index in [1.165, 1.54) is 11.3 Å². The third-order valence-electron chi connectivity index (χ3n) is 8.09. The summed E-state index contributed by atoms with van der Waals surface area (Å²) in [6.45, 7) is 8.74. The Hall–Kier alpha value is -5.22. The van der Waals surface area contributed by atoms with Gasteiger partial charge in [0.05, 0.1) is 47.9 Å². The first-order valence-electron chi connectivity index (χ1n) is 16.0. The fraction of sp³-hybridized carbons (Fsp3) is 0.263. The standard InChI is InChI=1S/C38H38N4O5S/c1-6-46-37(44)33-25(4)39-38-42(35(33)27-14-16-30(45-5)17-15-27)36(43)32(48-38)22-28-23-41(29-10-8-7-9-11-29)40-34(28)26-12-18-31(19-13-26)47-21-20-24(2)3/h7-19,22-24,35H,6,20-21H2,1-5H3/b32-22-. The van der Waals surface area contributed by atoms with Crippen molar-refractivity contribution in [1.82, 2.24) is 14.3 Å². The molecule has 3 heterocycles. The molecule has 0 amide bonds. The first kappa shape index (κ1) is 32.7. The van der Waals surface area contributed by atoms with Crippen LogP contribution in [-0.2, 0) is 9.53 Å². The van der Waals surface area contributed by atoms with Crippen LogP contribution in [0.4, 0.5) is 0 Å². The summed E-state index contributed by atoms with van der Waals surface area (Å²) in [7, 11) is 1.59. The lowest BCUT2D eigenvalue weighted by Gasteiger charge is -2.24. The van der Waals surface area contributed by atoms with Crippen LogP contribution in [0.5, 0.6) is 11.5 Å². The van der Waals surface area contributed by atoms with Crippen LogP contribution < -0.4 is 24.4 Å². The first-order valence-corrected chi connectivity index (χ1v) is 16.8. The molecule has 1 aliphatic rings. The Morgan fingerprint density at radius 1 is 1.00 bits per heavy atom. The summed E-state index contributed by atoms with van der Waals surface area (Å²) >= 11 is 1.28. The highest BCUT2D eigenvalue weighted by Crippen LogP contribution is 2.32. The monoisotopic (exact) mass is 662 g/mol. The fourth-order valence-electron chi connectivity index (χ4n) is 5.59. The molecule has 1 atom stereocenters. The normalized spacial score (nSPS) is 14.5. The van der Waals surface area contributed by atoms with Crippen molar-refractivity contribution in [2.75, 3.05) is 20.3 Å². The van der Waals surface area contributed by atoms with E-state index < -0.39 is 12.0 Å². The quantitative estimate of drug-likeness (QED) is 0.159. The molecule has 2 aromatic heterocycles. The second-order valence-electron chi connectivity index (χ2n) is 11.8. The molecule has 10 heteroatoms. The minimum absolute atomic E-state index is 0.203. The second kappa shape index (κ2) is 14.3. The summed E-state index contributed by atoms with van der Waals surface area (Å²) < 4.78 is 20.6. The number of rotatable bonds is 11. The summed E-state index contributed by atoms with van der Waals surface area (Å²) in [5.74, 6) is 1.52. The number of para-hydroxylation sites is 1. The Morgan fingerprint density at radius 3 is 2.38 bits per heavy atom. The molecular formula is C38H38N4O5S. The SMILES string of the molecule is CCOC(=O)C1=C(C)N=c2s/c(=C\c3cn(-c4ccccc4)nc3-c3ccc(OCCC(C)C)cc3)c(=O)n2C1c1ccc(OC)cc1. The Morgan fingerprint density at radius 2 is 1.71 bits per heavy atom. The first-order chi connectivity index (χ1) is 23.3. The summed E-state index contributed by atoms with van der Waals surface area (Å²) in [6.07, 6.45) is 4.75. The highest BCUT2D eigenvalue weighted by Gasteiger charge is 2.33. The molecule has 1 aliphatic heterocycles. The molecule has 0 saturated heterocycles. The molecular weight excluding hydrogens is 625 g/mol. The van der Waals surface area contributed by atoms with Crippen molar-refractivity contribution in [3.63, 3.8) is 0 Å². The number of allylic oxidation sites excluding steroid dienone is 1. The van der Waals surface area contributed by atoms with Crippen LogP contribution in [0.2, 0.25) is 0 Å². The molecule has 5 aromatic rings. The van der Waals surface area contributed by atoms with E-state index in [1.807, 2.05) is 95.8 Å². The van der Waals surface area contributed by atoms with Gasteiger partial charge in [0, 0.05) is 17.3 Å². The average Bonchev–Trinajstić information content (AvgIpc) is 3.65. The summed E-state index contributed by atoms with van der Waals surface area (Å²) in [5, 5.41) is 4.96. The van der Waals surface area contributed by atoms with Crippen LogP contribution in [-0.4, -0.2) is 40.6 Å². The van der Waals surface area contributed by atoms with Crippen LogP contribution >= 0.6 is 11.3 Å². The maximum absolute atomic E-state index is 14.3. The van der Waals surface area contributed by atoms with Crippen molar-refractivity contribution < 1.29 is 19.0 Å². The number of methoxy groups -OCH3 is 1. The van der Waals surface area contributed by atoms with Gasteiger partial charge in [0.2, 0.25) is 0 Å². The molecule has 0 spiro atoms. The van der Waals surface area contributed by atoms with E-state index in [2.05, 4.69) is 13.8 Å². The summed E-state index contributed by atoms with van der Waals surface area (Å²) in [4.78, 5) is 32.8. The van der Waals surface area contributed by atoms with Crippen LogP contribution in [0.3, 0.4) is 0 Å². The van der Waals surface area contributed by atoms with E-state index >= 15 is 0 Å². The topological polar surface area (TPSA) is 96.9 Å². The average molecular weight is 663 g/mol. The smallest absolute Gasteiger partial charge is 0.338 e. The summed E-state index contributed by atoms with van der Waals surface area (Å²) in [6, 6.07) is 24.3. The van der Waals surface area contributed by atoms with E-state index in [9.17, 15) is 9.59 Å². The molecule has 6 rings (SSSR count). The number of carbonyl (C=O) groups excluding carboxylic acids is 1. The molecule has 0 saturated carbocycles. The van der Waals surface area contributed by atoms with E-state index in [0.717, 1.165) is 34.5 Å². The maximum Gasteiger partial charge on any atom is 0.338 e. The minimum atomic E-state index is -0.719. The van der Waals surface area contributed by atoms with Gasteiger partial charge in [-0.25, -0.2) is 14.5 Å². The molecule has 3 aromatic carbocycles. The number of esters is 1. The van der Waals surface area contributed by atoms with Crippen molar-refractivity contribution in [1.29, 1.82) is 0 Å². The van der Waals surface area contributed by atoms with Crippen molar-refractivity contribution >= 4 is 23.4 Å². The van der Waals surface area contributed by atoms with Gasteiger partial charge in [-0.05, 0) is 86.4 Å². The second-order valence-corrected chi connectivity index (χ2v) is 12.9. The van der Waals surface area contributed by atoms with Gasteiger partial charge in [-0.2, -0.15) is 5.10 Å². The van der Waals surface area contributed by atoms with Crippen molar-refractivity contribution in [3.05, 3.63) is 127 Å². The zero-order chi connectivity index (χ0) is 33.8. The molecule has 1 unspecified atom stereocenters. The molecule has 48 heavy (non-hydrogen) atoms. The molecule has 0 N–H and O–H groups in total. The van der Waals surface area contributed by atoms with Gasteiger partial charge in [0.1, 0.15) is 17.2 Å². The Labute approximate surface area is 283 Å². The molecule has 9 nitrogen and oxygen atoms in total. The molecule has 246 valence electrons. The van der Waals surface area contributed by atoms with E-state index in [4.69, 9.17) is 24.3 Å². The molecule has 0 radical (unpaired) electrons. The lowest BCUT2D eigenvalue weighted by atomic mass is 9.96. The lowest BCUT2D eigenvalue weighted by Crippen LogP contribution is -2.39. The minimum Gasteiger partial charge on any atom is -0.497 e. The Balaban J connectivity index is 1.47. The number of hydrogen-bond donors (Lipinski definition) is 0. The molecule has 0 bridgehead atoms. The maximum atomic E-state index is 14.3. The lowest BCUT2D eigenvalue weighted by molar-refractivity contribution is -0.139. The number of benzene rings is 3. The number of nitrogens with zero attached hydrogens (tertiary/aromatic N) is 4. The summed E-state index contributed by atoms with van der Waals surface area (Å²) in [5.41, 5.74) is 4.58. The van der Waals surface area contributed by atoms with Crippen LogP contribution in [0.25, 0.3) is 23.0 Å². The highest BCUT2D eigenvalue weighted by molar-refractivity contribution is 7.07. The molecule has 0 fully saturated rings. The van der Waals surface area contributed by atoms with Gasteiger partial charge < -0.3 is 14.2 Å². The van der Waals surface area contributed by atoms with E-state index in [0.29, 0.717) is 44.6 Å². The van der Waals surface area contributed by atoms with Gasteiger partial charge in [0.15, 0.2) is 4.80 Å². The zero-order valence-electron chi connectivity index (χ0n) is 27.7. The largest absolute Gasteiger partial charge is 0.497 e. The third kappa shape index (κ3) is 6.75. The number of ether oxygens (including phenoxy) is 3. The van der Waals surface area contributed by atoms with E-state index in [-0.39, 0.29) is 12.2 Å². The van der Waals surface area contributed by atoms with Crippen molar-refractivity contribution in [2.45, 2.75) is 40.2 Å². The van der Waals surface area contributed by atoms with Gasteiger partial charge in [0.25, 0.3) is 5.56 Å². The van der Waals surface area contributed by atoms with Gasteiger partial charge >= 0.3 is 5.97 Å². The number of aromatic nitrogens is 3. The number of carbonyl (C=O) groups is 1. The van der Waals surface area contributed by atoms with Gasteiger partial charge in [-0.1, -0.05) is 55.5 Å². The van der Waals surface area contributed by atoms with Gasteiger partial charge in [-0.3, -0.25) is 9.36 Å². The number of hydrogen-bond acceptors (Lipinski definition) is 8. The Bertz CT molecular complexity index is 2130. The predicted octanol–water partition coefficient (Wildman–Crippen LogP) is 6.08. The number of thiazole rings is 1. The predicted molar refractivity (Wildman–Crippen MR) is 187 cm³/mol. The molecule has 0 aliphatic carbocycles. The van der Waals surface area contributed by atoms with Crippen molar-refractivity contribution in [3.8, 4) is 28.4 Å². The zero-order valence-corrected chi connectivity index (χ0v) is 28.5. The Kier molecular flexibility index (Phi) is 9.72. The van der Waals surface area contributed by atoms with Crippen LogP contribution in [0.15, 0.2) is 106 Å². The van der Waals surface area contributed by atoms with Crippen molar-refractivity contribution in [2.24, 2.45) is 10.9 Å². The third-order valence-corrected chi connectivity index (χ3v) is 9.07. The van der Waals surface area contributed by atoms with Crippen LogP contribution in [0.1, 0.15) is 51.3 Å². The van der Waals surface area contributed by atoms with E-state index in [1.54, 1.807) is 25.5 Å². The fourth-order valence-corrected chi connectivity index (χ4v) is 6.62. The highest BCUT2D eigenvalue weighted by atomic mass is 32.1. The van der Waals surface area contributed by atoms with Crippen LogP contribution in [0, 0.1) is 5.92 Å². The van der Waals surface area contributed by atoms with Gasteiger partial charge in [-0.15, -0.1) is 0 Å². The number of fused-ring (bicyclic) bond motifs is 1.